The molecule has 0 bridgehead atoms. The molecular weight excluding hydrogens is 290 g/mol. The van der Waals surface area contributed by atoms with Gasteiger partial charge in [-0.25, -0.2) is 0 Å². The summed E-state index contributed by atoms with van der Waals surface area (Å²) in [6.07, 6.45) is 0.977. The molecule has 1 aliphatic rings. The van der Waals surface area contributed by atoms with Crippen LogP contribution in [0.4, 0.5) is 0 Å². The van der Waals surface area contributed by atoms with Gasteiger partial charge in [0.1, 0.15) is 0 Å². The number of benzene rings is 1. The van der Waals surface area contributed by atoms with Crippen LogP contribution in [0.15, 0.2) is 18.2 Å². The van der Waals surface area contributed by atoms with Gasteiger partial charge in [-0.2, -0.15) is 0 Å². The molecule has 0 saturated carbocycles. The number of amides is 1. The average Bonchev–Trinajstić information content (AvgIpc) is 2.98. The Kier molecular flexibility index (Phi) is 5.74. The van der Waals surface area contributed by atoms with Crippen LogP contribution in [-0.4, -0.2) is 43.0 Å². The summed E-state index contributed by atoms with van der Waals surface area (Å²) in [7, 11) is 0. The van der Waals surface area contributed by atoms with E-state index in [1.807, 2.05) is 18.7 Å². The molecule has 1 aliphatic heterocycles. The zero-order valence-electron chi connectivity index (χ0n) is 12.6. The van der Waals surface area contributed by atoms with E-state index in [0.29, 0.717) is 42.1 Å². The van der Waals surface area contributed by atoms with Crippen LogP contribution in [0, 0.1) is 5.92 Å². The second kappa shape index (κ2) is 7.55. The molecule has 4 nitrogen and oxygen atoms in total. The van der Waals surface area contributed by atoms with Gasteiger partial charge >= 0.3 is 0 Å². The minimum atomic E-state index is 0.0339. The molecule has 1 amide bonds. The summed E-state index contributed by atoms with van der Waals surface area (Å²) in [5.74, 6) is 2.35. The predicted molar refractivity (Wildman–Crippen MR) is 83.5 cm³/mol. The lowest BCUT2D eigenvalue weighted by atomic mass is 10.1. The standard InChI is InChI=1S/C16H22ClNO3/c1-3-20-14-6-5-13(9-15(14)21-4-2)16(19)18-8-7-12(10-17)11-18/h5-6,9,12H,3-4,7-8,10-11H2,1-2H3. The second-order valence-electron chi connectivity index (χ2n) is 5.09. The van der Waals surface area contributed by atoms with E-state index < -0.39 is 0 Å². The molecule has 1 aromatic carbocycles. The van der Waals surface area contributed by atoms with Gasteiger partial charge in [0, 0.05) is 24.5 Å². The van der Waals surface area contributed by atoms with E-state index in [1.54, 1.807) is 18.2 Å². The molecule has 1 unspecified atom stereocenters. The second-order valence-corrected chi connectivity index (χ2v) is 5.40. The third-order valence-corrected chi connectivity index (χ3v) is 4.02. The Balaban J connectivity index is 2.15. The van der Waals surface area contributed by atoms with Crippen LogP contribution >= 0.6 is 11.6 Å². The number of halogens is 1. The maximum absolute atomic E-state index is 12.5. The maximum atomic E-state index is 12.5. The highest BCUT2D eigenvalue weighted by Gasteiger charge is 2.26. The number of rotatable bonds is 6. The van der Waals surface area contributed by atoms with Gasteiger partial charge in [-0.3, -0.25) is 4.79 Å². The quantitative estimate of drug-likeness (QED) is 0.757. The number of likely N-dealkylation sites (tertiary alicyclic amines) is 1. The highest BCUT2D eigenvalue weighted by molar-refractivity contribution is 6.18. The maximum Gasteiger partial charge on any atom is 0.254 e. The monoisotopic (exact) mass is 311 g/mol. The van der Waals surface area contributed by atoms with Crippen molar-refractivity contribution in [3.05, 3.63) is 23.8 Å². The van der Waals surface area contributed by atoms with E-state index in [-0.39, 0.29) is 5.91 Å². The van der Waals surface area contributed by atoms with Crippen molar-refractivity contribution in [2.24, 2.45) is 5.92 Å². The largest absolute Gasteiger partial charge is 0.490 e. The van der Waals surface area contributed by atoms with Crippen molar-refractivity contribution in [2.75, 3.05) is 32.2 Å². The molecule has 2 rings (SSSR count). The van der Waals surface area contributed by atoms with Crippen molar-refractivity contribution < 1.29 is 14.3 Å². The number of hydrogen-bond donors (Lipinski definition) is 0. The summed E-state index contributed by atoms with van der Waals surface area (Å²) in [5.41, 5.74) is 0.636. The molecule has 1 aromatic rings. The van der Waals surface area contributed by atoms with Gasteiger partial charge < -0.3 is 14.4 Å². The van der Waals surface area contributed by atoms with Gasteiger partial charge in [0.25, 0.3) is 5.91 Å². The minimum absolute atomic E-state index is 0.0339. The number of ether oxygens (including phenoxy) is 2. The topological polar surface area (TPSA) is 38.8 Å². The van der Waals surface area contributed by atoms with Gasteiger partial charge in [-0.15, -0.1) is 11.6 Å². The molecule has 0 spiro atoms. The number of carbonyl (C=O) groups is 1. The first-order valence-corrected chi connectivity index (χ1v) is 7.97. The third-order valence-electron chi connectivity index (χ3n) is 3.58. The van der Waals surface area contributed by atoms with Crippen molar-refractivity contribution in [3.63, 3.8) is 0 Å². The molecule has 0 aromatic heterocycles. The van der Waals surface area contributed by atoms with Crippen LogP contribution in [-0.2, 0) is 0 Å². The van der Waals surface area contributed by atoms with Crippen LogP contribution in [0.25, 0.3) is 0 Å². The fourth-order valence-electron chi connectivity index (χ4n) is 2.51. The van der Waals surface area contributed by atoms with Crippen molar-refractivity contribution >= 4 is 17.5 Å². The van der Waals surface area contributed by atoms with E-state index in [4.69, 9.17) is 21.1 Å². The molecule has 5 heteroatoms. The minimum Gasteiger partial charge on any atom is -0.490 e. The molecule has 116 valence electrons. The van der Waals surface area contributed by atoms with E-state index in [0.717, 1.165) is 19.5 Å². The first-order valence-electron chi connectivity index (χ1n) is 7.44. The van der Waals surface area contributed by atoms with Gasteiger partial charge in [-0.1, -0.05) is 0 Å². The summed E-state index contributed by atoms with van der Waals surface area (Å²) < 4.78 is 11.1. The highest BCUT2D eigenvalue weighted by atomic mass is 35.5. The Morgan fingerprint density at radius 2 is 2.00 bits per heavy atom. The smallest absolute Gasteiger partial charge is 0.254 e. The van der Waals surface area contributed by atoms with E-state index >= 15 is 0 Å². The number of carbonyl (C=O) groups excluding carboxylic acids is 1. The van der Waals surface area contributed by atoms with Gasteiger partial charge in [0.05, 0.1) is 13.2 Å². The fraction of sp³-hybridized carbons (Fsp3) is 0.562. The average molecular weight is 312 g/mol. The van der Waals surface area contributed by atoms with Gasteiger partial charge in [-0.05, 0) is 44.4 Å². The van der Waals surface area contributed by atoms with Crippen molar-refractivity contribution in [1.82, 2.24) is 4.90 Å². The van der Waals surface area contributed by atoms with Gasteiger partial charge in [0.15, 0.2) is 11.5 Å². The van der Waals surface area contributed by atoms with Crippen LogP contribution in [0.3, 0.4) is 0 Å². The number of alkyl halides is 1. The Hall–Kier alpha value is -1.42. The SMILES string of the molecule is CCOc1ccc(C(=O)N2CCC(CCl)C2)cc1OCC. The van der Waals surface area contributed by atoms with Crippen LogP contribution in [0.1, 0.15) is 30.6 Å². The first-order chi connectivity index (χ1) is 10.2. The van der Waals surface area contributed by atoms with Crippen LogP contribution in [0.5, 0.6) is 11.5 Å². The summed E-state index contributed by atoms with van der Waals surface area (Å²) in [5, 5.41) is 0. The fourth-order valence-corrected chi connectivity index (χ4v) is 2.76. The normalized spacial score (nSPS) is 17.9. The Morgan fingerprint density at radius 1 is 1.29 bits per heavy atom. The molecule has 0 aliphatic carbocycles. The first kappa shape index (κ1) is 16.0. The lowest BCUT2D eigenvalue weighted by molar-refractivity contribution is 0.0787. The molecule has 0 radical (unpaired) electrons. The molecule has 1 fully saturated rings. The number of nitrogens with zero attached hydrogens (tertiary/aromatic N) is 1. The van der Waals surface area contributed by atoms with E-state index in [1.165, 1.54) is 0 Å². The van der Waals surface area contributed by atoms with E-state index in [9.17, 15) is 4.79 Å². The third kappa shape index (κ3) is 3.82. The summed E-state index contributed by atoms with van der Waals surface area (Å²) in [4.78, 5) is 14.4. The van der Waals surface area contributed by atoms with Crippen LogP contribution in [0.2, 0.25) is 0 Å². The zero-order valence-corrected chi connectivity index (χ0v) is 13.4. The molecule has 1 heterocycles. The lowest BCUT2D eigenvalue weighted by Gasteiger charge is -2.18. The number of hydrogen-bond acceptors (Lipinski definition) is 3. The summed E-state index contributed by atoms with van der Waals surface area (Å²) in [6.45, 7) is 6.45. The Bertz CT molecular complexity index is 492. The van der Waals surface area contributed by atoms with Gasteiger partial charge in [0.2, 0.25) is 0 Å². The van der Waals surface area contributed by atoms with Crippen molar-refractivity contribution in [3.8, 4) is 11.5 Å². The highest BCUT2D eigenvalue weighted by Crippen LogP contribution is 2.30. The summed E-state index contributed by atoms with van der Waals surface area (Å²) >= 11 is 5.87. The Morgan fingerprint density at radius 3 is 2.62 bits per heavy atom. The predicted octanol–water partition coefficient (Wildman–Crippen LogP) is 3.18. The lowest BCUT2D eigenvalue weighted by Crippen LogP contribution is -2.28. The van der Waals surface area contributed by atoms with E-state index in [2.05, 4.69) is 0 Å². The molecule has 1 atom stereocenters. The van der Waals surface area contributed by atoms with Crippen molar-refractivity contribution in [2.45, 2.75) is 20.3 Å². The zero-order chi connectivity index (χ0) is 15.2. The molecule has 1 saturated heterocycles. The molecule has 21 heavy (non-hydrogen) atoms. The Labute approximate surface area is 131 Å². The molecule has 0 N–H and O–H groups in total. The molecular formula is C16H22ClNO3. The van der Waals surface area contributed by atoms with Crippen LogP contribution < -0.4 is 9.47 Å². The summed E-state index contributed by atoms with van der Waals surface area (Å²) in [6, 6.07) is 5.37. The van der Waals surface area contributed by atoms with Crippen molar-refractivity contribution in [1.29, 1.82) is 0 Å².